The lowest BCUT2D eigenvalue weighted by Gasteiger charge is -2.12. The summed E-state index contributed by atoms with van der Waals surface area (Å²) >= 11 is 8.16. The van der Waals surface area contributed by atoms with Crippen molar-refractivity contribution < 1.29 is 4.79 Å². The van der Waals surface area contributed by atoms with Crippen molar-refractivity contribution in [2.45, 2.75) is 6.42 Å². The molecule has 1 aliphatic rings. The average Bonchev–Trinajstić information content (AvgIpc) is 2.75. The van der Waals surface area contributed by atoms with Gasteiger partial charge in [0.2, 0.25) is 0 Å². The molecule has 0 bridgehead atoms. The molecule has 2 rings (SSSR count). The summed E-state index contributed by atoms with van der Waals surface area (Å²) in [5, 5.41) is 3.61. The summed E-state index contributed by atoms with van der Waals surface area (Å²) < 4.78 is 0.961. The third-order valence-corrected chi connectivity index (χ3v) is 4.79. The van der Waals surface area contributed by atoms with E-state index in [2.05, 4.69) is 39.9 Å². The minimum absolute atomic E-state index is 0.0390. The number of halogens is 2. The second-order valence-corrected chi connectivity index (χ2v) is 6.33. The number of benzene rings is 1. The Balaban J connectivity index is 1.89. The van der Waals surface area contributed by atoms with Crippen LogP contribution in [-0.4, -0.2) is 37.5 Å². The van der Waals surface area contributed by atoms with Gasteiger partial charge in [-0.3, -0.25) is 4.79 Å². The van der Waals surface area contributed by atoms with Gasteiger partial charge in [0.1, 0.15) is 0 Å². The van der Waals surface area contributed by atoms with E-state index in [0.717, 1.165) is 29.6 Å². The molecule has 18 heavy (non-hydrogen) atoms. The molecule has 1 fully saturated rings. The fraction of sp³-hybridized carbons (Fsp3) is 0.462. The Labute approximate surface area is 126 Å². The van der Waals surface area contributed by atoms with Gasteiger partial charge in [0.15, 0.2) is 0 Å². The van der Waals surface area contributed by atoms with E-state index >= 15 is 0 Å². The molecular formula is C13H16ClIN2O. The van der Waals surface area contributed by atoms with Gasteiger partial charge < -0.3 is 10.2 Å². The predicted octanol–water partition coefficient (Wildman–Crippen LogP) is 2.63. The van der Waals surface area contributed by atoms with E-state index in [1.54, 1.807) is 6.07 Å². The highest BCUT2D eigenvalue weighted by atomic mass is 127. The van der Waals surface area contributed by atoms with Gasteiger partial charge in [-0.05, 0) is 66.7 Å². The van der Waals surface area contributed by atoms with Gasteiger partial charge in [-0.1, -0.05) is 11.6 Å². The number of rotatable bonds is 3. The number of nitrogens with one attached hydrogen (secondary N) is 1. The Morgan fingerprint density at radius 3 is 3.00 bits per heavy atom. The number of amides is 1. The molecule has 1 unspecified atom stereocenters. The maximum absolute atomic E-state index is 12.0. The Morgan fingerprint density at radius 2 is 2.39 bits per heavy atom. The van der Waals surface area contributed by atoms with E-state index in [1.807, 2.05) is 12.1 Å². The molecule has 1 aromatic rings. The summed E-state index contributed by atoms with van der Waals surface area (Å²) in [7, 11) is 2.11. The normalized spacial score (nSPS) is 20.1. The monoisotopic (exact) mass is 378 g/mol. The topological polar surface area (TPSA) is 32.3 Å². The second-order valence-electron chi connectivity index (χ2n) is 4.76. The summed E-state index contributed by atoms with van der Waals surface area (Å²) in [6.45, 7) is 2.93. The predicted molar refractivity (Wildman–Crippen MR) is 82.1 cm³/mol. The third-order valence-electron chi connectivity index (χ3n) is 3.22. The summed E-state index contributed by atoms with van der Waals surface area (Å²) in [5.41, 5.74) is 0.631. The van der Waals surface area contributed by atoms with Gasteiger partial charge in [-0.2, -0.15) is 0 Å². The zero-order valence-electron chi connectivity index (χ0n) is 10.2. The average molecular weight is 379 g/mol. The molecule has 3 nitrogen and oxygen atoms in total. The molecular weight excluding hydrogens is 363 g/mol. The SMILES string of the molecule is CN1CCC(CNC(=O)c2ccc(I)c(Cl)c2)C1. The van der Waals surface area contributed by atoms with Crippen LogP contribution < -0.4 is 5.32 Å². The third kappa shape index (κ3) is 3.59. The first kappa shape index (κ1) is 14.1. The van der Waals surface area contributed by atoms with Crippen LogP contribution in [-0.2, 0) is 0 Å². The molecule has 1 aromatic carbocycles. The molecule has 0 aliphatic carbocycles. The summed E-state index contributed by atoms with van der Waals surface area (Å²) in [4.78, 5) is 14.3. The summed E-state index contributed by atoms with van der Waals surface area (Å²) in [5.74, 6) is 0.529. The first-order chi connectivity index (χ1) is 8.56. The molecule has 5 heteroatoms. The van der Waals surface area contributed by atoms with Crippen molar-refractivity contribution in [2.75, 3.05) is 26.7 Å². The quantitative estimate of drug-likeness (QED) is 0.820. The van der Waals surface area contributed by atoms with Crippen LogP contribution in [0.2, 0.25) is 5.02 Å². The highest BCUT2D eigenvalue weighted by molar-refractivity contribution is 14.1. The van der Waals surface area contributed by atoms with E-state index in [1.165, 1.54) is 0 Å². The molecule has 1 amide bonds. The minimum atomic E-state index is -0.0390. The lowest BCUT2D eigenvalue weighted by Crippen LogP contribution is -2.30. The van der Waals surface area contributed by atoms with Gasteiger partial charge in [-0.25, -0.2) is 0 Å². The Kier molecular flexibility index (Phi) is 4.86. The number of hydrogen-bond donors (Lipinski definition) is 1. The summed E-state index contributed by atoms with van der Waals surface area (Å²) in [6.07, 6.45) is 1.16. The van der Waals surface area contributed by atoms with Crippen LogP contribution in [0.25, 0.3) is 0 Å². The van der Waals surface area contributed by atoms with Crippen LogP contribution in [0.15, 0.2) is 18.2 Å². The fourth-order valence-electron chi connectivity index (χ4n) is 2.17. The molecule has 1 heterocycles. The van der Waals surface area contributed by atoms with Crippen LogP contribution >= 0.6 is 34.2 Å². The lowest BCUT2D eigenvalue weighted by atomic mass is 10.1. The van der Waals surface area contributed by atoms with Crippen molar-refractivity contribution >= 4 is 40.1 Å². The molecule has 0 radical (unpaired) electrons. The molecule has 0 saturated carbocycles. The van der Waals surface area contributed by atoms with Crippen LogP contribution in [0.4, 0.5) is 0 Å². The second kappa shape index (κ2) is 6.21. The van der Waals surface area contributed by atoms with Crippen LogP contribution in [0.3, 0.4) is 0 Å². The smallest absolute Gasteiger partial charge is 0.251 e. The maximum Gasteiger partial charge on any atom is 0.251 e. The highest BCUT2D eigenvalue weighted by Gasteiger charge is 2.20. The molecule has 98 valence electrons. The number of hydrogen-bond acceptors (Lipinski definition) is 2. The minimum Gasteiger partial charge on any atom is -0.352 e. The number of carbonyl (C=O) groups is 1. The number of carbonyl (C=O) groups excluding carboxylic acids is 1. The van der Waals surface area contributed by atoms with Crippen LogP contribution in [0.5, 0.6) is 0 Å². The van der Waals surface area contributed by atoms with E-state index in [-0.39, 0.29) is 5.91 Å². The molecule has 1 saturated heterocycles. The van der Waals surface area contributed by atoms with Crippen LogP contribution in [0.1, 0.15) is 16.8 Å². The molecule has 1 atom stereocenters. The van der Waals surface area contributed by atoms with E-state index in [4.69, 9.17) is 11.6 Å². The van der Waals surface area contributed by atoms with Gasteiger partial charge in [-0.15, -0.1) is 0 Å². The van der Waals surface area contributed by atoms with Gasteiger partial charge in [0, 0.05) is 22.2 Å². The van der Waals surface area contributed by atoms with Gasteiger partial charge in [0.25, 0.3) is 5.91 Å². The van der Waals surface area contributed by atoms with Crippen molar-refractivity contribution in [1.29, 1.82) is 0 Å². The van der Waals surface area contributed by atoms with E-state index in [9.17, 15) is 4.79 Å². The summed E-state index contributed by atoms with van der Waals surface area (Å²) in [6, 6.07) is 5.39. The van der Waals surface area contributed by atoms with Crippen molar-refractivity contribution in [2.24, 2.45) is 5.92 Å². The molecule has 0 spiro atoms. The van der Waals surface area contributed by atoms with E-state index < -0.39 is 0 Å². The lowest BCUT2D eigenvalue weighted by molar-refractivity contribution is 0.0947. The first-order valence-electron chi connectivity index (χ1n) is 5.98. The Hall–Kier alpha value is -0.330. The van der Waals surface area contributed by atoms with E-state index in [0.29, 0.717) is 16.5 Å². The zero-order chi connectivity index (χ0) is 13.1. The molecule has 0 aromatic heterocycles. The standard InChI is InChI=1S/C13H16ClIN2O/c1-17-5-4-9(8-17)7-16-13(18)10-2-3-12(15)11(14)6-10/h2-3,6,9H,4-5,7-8H2,1H3,(H,16,18). The fourth-order valence-corrected chi connectivity index (χ4v) is 2.69. The Morgan fingerprint density at radius 1 is 1.61 bits per heavy atom. The number of nitrogens with zero attached hydrogens (tertiary/aromatic N) is 1. The van der Waals surface area contributed by atoms with Gasteiger partial charge in [0.05, 0.1) is 5.02 Å². The molecule has 1 N–H and O–H groups in total. The van der Waals surface area contributed by atoms with Crippen molar-refractivity contribution in [3.8, 4) is 0 Å². The largest absolute Gasteiger partial charge is 0.352 e. The Bertz CT molecular complexity index is 453. The first-order valence-corrected chi connectivity index (χ1v) is 7.43. The maximum atomic E-state index is 12.0. The molecule has 1 aliphatic heterocycles. The van der Waals surface area contributed by atoms with Crippen molar-refractivity contribution in [3.05, 3.63) is 32.4 Å². The number of likely N-dealkylation sites (tertiary alicyclic amines) is 1. The zero-order valence-corrected chi connectivity index (χ0v) is 13.2. The van der Waals surface area contributed by atoms with Crippen molar-refractivity contribution in [3.63, 3.8) is 0 Å². The van der Waals surface area contributed by atoms with Crippen molar-refractivity contribution in [1.82, 2.24) is 10.2 Å². The highest BCUT2D eigenvalue weighted by Crippen LogP contribution is 2.19. The van der Waals surface area contributed by atoms with Gasteiger partial charge >= 0.3 is 0 Å². The van der Waals surface area contributed by atoms with Crippen LogP contribution in [0, 0.1) is 9.49 Å².